The van der Waals surface area contributed by atoms with Crippen molar-refractivity contribution in [1.29, 1.82) is 0 Å². The third-order valence-electron chi connectivity index (χ3n) is 7.97. The first-order valence-electron chi connectivity index (χ1n) is 14.4. The van der Waals surface area contributed by atoms with E-state index in [-0.39, 0.29) is 24.5 Å². The zero-order chi connectivity index (χ0) is 28.5. The van der Waals surface area contributed by atoms with Crippen LogP contribution in [-0.4, -0.2) is 34.6 Å². The molecule has 1 atom stereocenters. The fraction of sp³-hybridized carbons (Fsp3) is 0.424. The molecule has 4 rings (SSSR count). The minimum absolute atomic E-state index is 0.00739. The van der Waals surface area contributed by atoms with E-state index in [2.05, 4.69) is 17.6 Å². The third kappa shape index (κ3) is 7.55. The number of carbonyl (C=O) groups excluding carboxylic acids is 2. The van der Waals surface area contributed by atoms with E-state index in [4.69, 9.17) is 10.7 Å². The van der Waals surface area contributed by atoms with Crippen LogP contribution in [0.15, 0.2) is 66.9 Å². The molecule has 1 aromatic heterocycles. The number of aliphatic hydroxyl groups is 1. The maximum absolute atomic E-state index is 12.9. The molecular formula is C33H42N4O3. The fourth-order valence-corrected chi connectivity index (χ4v) is 5.89. The van der Waals surface area contributed by atoms with Gasteiger partial charge in [-0.2, -0.15) is 0 Å². The second-order valence-electron chi connectivity index (χ2n) is 11.1. The number of nitrogens with two attached hydrogens (primary N) is 1. The third-order valence-corrected chi connectivity index (χ3v) is 7.97. The first-order valence-corrected chi connectivity index (χ1v) is 14.4. The van der Waals surface area contributed by atoms with Gasteiger partial charge < -0.3 is 21.5 Å². The van der Waals surface area contributed by atoms with Crippen LogP contribution in [0.5, 0.6) is 0 Å². The predicted molar refractivity (Wildman–Crippen MR) is 160 cm³/mol. The van der Waals surface area contributed by atoms with Gasteiger partial charge in [0.1, 0.15) is 0 Å². The van der Waals surface area contributed by atoms with Gasteiger partial charge in [-0.3, -0.25) is 14.6 Å². The highest BCUT2D eigenvalue weighted by Crippen LogP contribution is 2.35. The van der Waals surface area contributed by atoms with Gasteiger partial charge in [-0.25, -0.2) is 0 Å². The summed E-state index contributed by atoms with van der Waals surface area (Å²) in [5.41, 5.74) is 11.5. The number of nitrogens with one attached hydrogen (secondary N) is 2. The largest absolute Gasteiger partial charge is 0.396 e. The van der Waals surface area contributed by atoms with Gasteiger partial charge >= 0.3 is 0 Å². The maximum atomic E-state index is 12.9. The lowest BCUT2D eigenvalue weighted by atomic mass is 9.83. The molecule has 2 amide bonds. The van der Waals surface area contributed by atoms with Crippen molar-refractivity contribution in [2.75, 3.05) is 11.9 Å². The van der Waals surface area contributed by atoms with Gasteiger partial charge in [0.15, 0.2) is 0 Å². The summed E-state index contributed by atoms with van der Waals surface area (Å²) in [6.45, 7) is 3.70. The molecule has 0 spiro atoms. The summed E-state index contributed by atoms with van der Waals surface area (Å²) >= 11 is 0. The van der Waals surface area contributed by atoms with Crippen molar-refractivity contribution in [1.82, 2.24) is 10.3 Å². The van der Waals surface area contributed by atoms with Gasteiger partial charge in [0, 0.05) is 42.7 Å². The van der Waals surface area contributed by atoms with Crippen LogP contribution in [0.1, 0.15) is 70.8 Å². The SMILES string of the molecule is CCCC(N)(CCO)c1ccc(-c2ncc(NC(=O)C[C@H]3CC[C@H](NC(C)=O)CC3)cc2-c2ccccc2)cc1. The Bertz CT molecular complexity index is 1260. The van der Waals surface area contributed by atoms with Gasteiger partial charge in [0.25, 0.3) is 0 Å². The zero-order valence-electron chi connectivity index (χ0n) is 23.7. The van der Waals surface area contributed by atoms with E-state index in [0.717, 1.165) is 66.5 Å². The molecule has 7 heteroatoms. The van der Waals surface area contributed by atoms with E-state index in [0.29, 0.717) is 24.4 Å². The summed E-state index contributed by atoms with van der Waals surface area (Å²) in [5, 5.41) is 15.6. The lowest BCUT2D eigenvalue weighted by Crippen LogP contribution is -2.37. The highest BCUT2D eigenvalue weighted by Gasteiger charge is 2.26. The van der Waals surface area contributed by atoms with Crippen LogP contribution in [0.4, 0.5) is 5.69 Å². The van der Waals surface area contributed by atoms with Crippen LogP contribution in [0.25, 0.3) is 22.4 Å². The molecular weight excluding hydrogens is 500 g/mol. The number of hydrogen-bond acceptors (Lipinski definition) is 5. The molecule has 0 saturated heterocycles. The van der Waals surface area contributed by atoms with Crippen LogP contribution < -0.4 is 16.4 Å². The highest BCUT2D eigenvalue weighted by atomic mass is 16.3. The van der Waals surface area contributed by atoms with Crippen molar-refractivity contribution in [3.63, 3.8) is 0 Å². The minimum atomic E-state index is -0.560. The van der Waals surface area contributed by atoms with Crippen molar-refractivity contribution in [2.45, 2.75) is 76.8 Å². The molecule has 1 aliphatic rings. The number of aliphatic hydroxyl groups excluding tert-OH is 1. The van der Waals surface area contributed by atoms with Gasteiger partial charge in [-0.15, -0.1) is 0 Å². The van der Waals surface area contributed by atoms with Crippen LogP contribution in [0.3, 0.4) is 0 Å². The summed E-state index contributed by atoms with van der Waals surface area (Å²) < 4.78 is 0. The van der Waals surface area contributed by atoms with E-state index in [1.54, 1.807) is 13.1 Å². The van der Waals surface area contributed by atoms with E-state index < -0.39 is 5.54 Å². The van der Waals surface area contributed by atoms with Crippen molar-refractivity contribution in [3.8, 4) is 22.4 Å². The Hall–Kier alpha value is -3.55. The Morgan fingerprint density at radius 1 is 1.00 bits per heavy atom. The minimum Gasteiger partial charge on any atom is -0.396 e. The molecule has 1 aliphatic carbocycles. The number of anilines is 1. The average molecular weight is 543 g/mol. The number of carbonyl (C=O) groups is 2. The fourth-order valence-electron chi connectivity index (χ4n) is 5.89. The lowest BCUT2D eigenvalue weighted by molar-refractivity contribution is -0.120. The Kier molecular flexibility index (Phi) is 10.1. The van der Waals surface area contributed by atoms with Crippen molar-refractivity contribution < 1.29 is 14.7 Å². The van der Waals surface area contributed by atoms with Gasteiger partial charge in [-0.05, 0) is 61.6 Å². The average Bonchev–Trinajstić information content (AvgIpc) is 2.95. The van der Waals surface area contributed by atoms with Crippen molar-refractivity contribution in [3.05, 3.63) is 72.4 Å². The second kappa shape index (κ2) is 13.7. The van der Waals surface area contributed by atoms with Gasteiger partial charge in [0.2, 0.25) is 11.8 Å². The lowest BCUT2D eigenvalue weighted by Gasteiger charge is -2.29. The molecule has 1 heterocycles. The number of pyridine rings is 1. The number of aromatic nitrogens is 1. The van der Waals surface area contributed by atoms with Crippen LogP contribution in [-0.2, 0) is 15.1 Å². The van der Waals surface area contributed by atoms with E-state index in [1.807, 2.05) is 60.7 Å². The molecule has 7 nitrogen and oxygen atoms in total. The molecule has 40 heavy (non-hydrogen) atoms. The Morgan fingerprint density at radius 2 is 1.70 bits per heavy atom. The molecule has 1 unspecified atom stereocenters. The first-order chi connectivity index (χ1) is 19.3. The molecule has 212 valence electrons. The number of rotatable bonds is 11. The van der Waals surface area contributed by atoms with Gasteiger partial charge in [-0.1, -0.05) is 67.9 Å². The highest BCUT2D eigenvalue weighted by molar-refractivity contribution is 5.93. The topological polar surface area (TPSA) is 117 Å². The number of amides is 2. The summed E-state index contributed by atoms with van der Waals surface area (Å²) in [6.07, 6.45) is 8.11. The molecule has 0 bridgehead atoms. The summed E-state index contributed by atoms with van der Waals surface area (Å²) in [6, 6.07) is 20.4. The van der Waals surface area contributed by atoms with Crippen LogP contribution in [0, 0.1) is 5.92 Å². The summed E-state index contributed by atoms with van der Waals surface area (Å²) in [7, 11) is 0. The number of nitrogens with zero attached hydrogens (tertiary/aromatic N) is 1. The maximum Gasteiger partial charge on any atom is 0.224 e. The standard InChI is InChI=1S/C33H42N4O3/c1-3-17-33(34,18-19-38)27-13-11-26(12-14-27)32-30(25-7-5-4-6-8-25)21-29(22-35-32)37-31(40)20-24-9-15-28(16-10-24)36-23(2)39/h4-8,11-14,21-22,24,28,38H,3,9-10,15-20,34H2,1-2H3,(H,36,39)(H,37,40)/t24-,28-,33?. The Morgan fingerprint density at radius 3 is 2.33 bits per heavy atom. The smallest absolute Gasteiger partial charge is 0.224 e. The Balaban J connectivity index is 1.52. The quantitative estimate of drug-likeness (QED) is 0.245. The second-order valence-corrected chi connectivity index (χ2v) is 11.1. The molecule has 1 fully saturated rings. The molecule has 0 aliphatic heterocycles. The molecule has 0 radical (unpaired) electrons. The molecule has 2 aromatic carbocycles. The predicted octanol–water partition coefficient (Wildman–Crippen LogP) is 5.78. The Labute approximate surface area is 237 Å². The molecule has 1 saturated carbocycles. The summed E-state index contributed by atoms with van der Waals surface area (Å²) in [5.74, 6) is 0.311. The number of hydrogen-bond donors (Lipinski definition) is 4. The normalized spacial score (nSPS) is 18.5. The van der Waals surface area contributed by atoms with E-state index in [9.17, 15) is 14.7 Å². The van der Waals surface area contributed by atoms with Crippen molar-refractivity contribution in [2.24, 2.45) is 11.7 Å². The van der Waals surface area contributed by atoms with Crippen molar-refractivity contribution >= 4 is 17.5 Å². The first kappa shape index (κ1) is 29.4. The van der Waals surface area contributed by atoms with E-state index in [1.165, 1.54) is 0 Å². The number of benzene rings is 2. The van der Waals surface area contributed by atoms with Crippen LogP contribution >= 0.6 is 0 Å². The molecule has 3 aromatic rings. The van der Waals surface area contributed by atoms with Crippen LogP contribution in [0.2, 0.25) is 0 Å². The zero-order valence-corrected chi connectivity index (χ0v) is 23.7. The van der Waals surface area contributed by atoms with E-state index >= 15 is 0 Å². The monoisotopic (exact) mass is 542 g/mol. The van der Waals surface area contributed by atoms with Gasteiger partial charge in [0.05, 0.1) is 17.6 Å². The molecule has 5 N–H and O–H groups in total. The summed E-state index contributed by atoms with van der Waals surface area (Å²) in [4.78, 5) is 29.1.